The van der Waals surface area contributed by atoms with E-state index >= 15 is 0 Å². The maximum Gasteiger partial charge on any atom is 0.110 e. The second-order valence-corrected chi connectivity index (χ2v) is 7.57. The highest BCUT2D eigenvalue weighted by molar-refractivity contribution is 7.99. The van der Waals surface area contributed by atoms with E-state index in [-0.39, 0.29) is 12.0 Å². The van der Waals surface area contributed by atoms with E-state index < -0.39 is 18.3 Å². The van der Waals surface area contributed by atoms with Crippen molar-refractivity contribution in [1.29, 1.82) is 0 Å². The molecule has 0 aromatic carbocycles. The van der Waals surface area contributed by atoms with E-state index in [4.69, 9.17) is 39.3 Å². The van der Waals surface area contributed by atoms with Gasteiger partial charge < -0.3 is 49.5 Å². The maximum atomic E-state index is 9.77. The molecule has 0 aromatic rings. The number of nitrogens with two attached hydrogens (primary N) is 1. The number of thioether (sulfide) groups is 1. The Morgan fingerprint density at radius 3 is 1.76 bits per heavy atom. The standard InChI is InChI=1S/C18H37NO9S/c19-1-2-23-3-4-24-5-6-25-7-8-26-9-10-27-11-12-29-17-13-15(21)18(22)16(14-20)28-17/h15-18,20-22H,1-14,19H2/t15-,16-,17-,18-/m1/s1. The molecule has 1 fully saturated rings. The Morgan fingerprint density at radius 1 is 0.793 bits per heavy atom. The molecule has 0 aromatic heterocycles. The number of ether oxygens (including phenoxy) is 6. The Bertz CT molecular complexity index is 370. The summed E-state index contributed by atoms with van der Waals surface area (Å²) in [5.41, 5.74) is 5.04. The topological polar surface area (TPSA) is 142 Å². The Balaban J connectivity index is 1.79. The van der Waals surface area contributed by atoms with E-state index in [1.54, 1.807) is 0 Å². The predicted octanol–water partition coefficient (Wildman–Crippen LogP) is -1.41. The van der Waals surface area contributed by atoms with E-state index in [1.165, 1.54) is 11.8 Å². The van der Waals surface area contributed by atoms with Gasteiger partial charge in [0.05, 0.1) is 78.8 Å². The fraction of sp³-hybridized carbons (Fsp3) is 1.00. The van der Waals surface area contributed by atoms with E-state index in [2.05, 4.69) is 0 Å². The van der Waals surface area contributed by atoms with Crippen LogP contribution >= 0.6 is 11.8 Å². The summed E-state index contributed by atoms with van der Waals surface area (Å²) in [6.45, 7) is 5.36. The van der Waals surface area contributed by atoms with Crippen molar-refractivity contribution in [2.24, 2.45) is 5.73 Å². The zero-order valence-corrected chi connectivity index (χ0v) is 17.8. The highest BCUT2D eigenvalue weighted by Gasteiger charge is 2.36. The van der Waals surface area contributed by atoms with Gasteiger partial charge in [-0.1, -0.05) is 0 Å². The van der Waals surface area contributed by atoms with Gasteiger partial charge in [-0.05, 0) is 0 Å². The van der Waals surface area contributed by atoms with Crippen LogP contribution in [0.15, 0.2) is 0 Å². The third-order valence-corrected chi connectivity index (χ3v) is 5.07. The first-order valence-electron chi connectivity index (χ1n) is 10.0. The predicted molar refractivity (Wildman–Crippen MR) is 108 cm³/mol. The normalized spacial score (nSPS) is 24.8. The van der Waals surface area contributed by atoms with Crippen LogP contribution in [0, 0.1) is 0 Å². The molecule has 0 spiro atoms. The van der Waals surface area contributed by atoms with E-state index in [0.717, 1.165) is 0 Å². The van der Waals surface area contributed by atoms with Gasteiger partial charge in [0.15, 0.2) is 0 Å². The highest BCUT2D eigenvalue weighted by atomic mass is 32.2. The minimum absolute atomic E-state index is 0.259. The summed E-state index contributed by atoms with van der Waals surface area (Å²) < 4.78 is 32.3. The lowest BCUT2D eigenvalue weighted by molar-refractivity contribution is -0.157. The number of hydrogen-bond donors (Lipinski definition) is 4. The molecule has 11 heteroatoms. The van der Waals surface area contributed by atoms with Crippen LogP contribution < -0.4 is 5.73 Å². The molecule has 174 valence electrons. The first-order chi connectivity index (χ1) is 14.2. The highest BCUT2D eigenvalue weighted by Crippen LogP contribution is 2.27. The molecule has 0 aliphatic carbocycles. The van der Waals surface area contributed by atoms with Gasteiger partial charge in [-0.25, -0.2) is 0 Å². The van der Waals surface area contributed by atoms with Crippen molar-refractivity contribution in [3.05, 3.63) is 0 Å². The van der Waals surface area contributed by atoms with Crippen LogP contribution in [-0.2, 0) is 28.4 Å². The second kappa shape index (κ2) is 18.7. The minimum atomic E-state index is -1.04. The lowest BCUT2D eigenvalue weighted by atomic mass is 10.0. The molecule has 1 saturated heterocycles. The lowest BCUT2D eigenvalue weighted by Crippen LogP contribution is -2.49. The first-order valence-corrected chi connectivity index (χ1v) is 11.1. The third kappa shape index (κ3) is 13.8. The molecular weight excluding hydrogens is 406 g/mol. The summed E-state index contributed by atoms with van der Waals surface area (Å²) in [5, 5.41) is 28.6. The summed E-state index contributed by atoms with van der Waals surface area (Å²) in [5.74, 6) is 0.687. The number of aliphatic hydroxyl groups excluding tert-OH is 3. The monoisotopic (exact) mass is 443 g/mol. The average molecular weight is 444 g/mol. The van der Waals surface area contributed by atoms with Crippen molar-refractivity contribution in [1.82, 2.24) is 0 Å². The summed E-state index contributed by atoms with van der Waals surface area (Å²) in [4.78, 5) is 0. The van der Waals surface area contributed by atoms with E-state index in [9.17, 15) is 10.2 Å². The van der Waals surface area contributed by atoms with Gasteiger partial charge in [-0.2, -0.15) is 0 Å². The zero-order valence-electron chi connectivity index (χ0n) is 17.0. The van der Waals surface area contributed by atoms with Gasteiger partial charge in [-0.3, -0.25) is 0 Å². The molecule has 0 radical (unpaired) electrons. The van der Waals surface area contributed by atoms with Crippen LogP contribution in [0.4, 0.5) is 0 Å². The smallest absolute Gasteiger partial charge is 0.110 e. The van der Waals surface area contributed by atoms with Gasteiger partial charge >= 0.3 is 0 Å². The van der Waals surface area contributed by atoms with E-state index in [1.807, 2.05) is 0 Å². The SMILES string of the molecule is NCCOCCOCCOCCOCCOCCS[C@@H]1C[C@@H](O)[C@@H](O)[C@@H](CO)O1. The van der Waals surface area contributed by atoms with Crippen LogP contribution in [0.3, 0.4) is 0 Å². The van der Waals surface area contributed by atoms with Crippen LogP contribution in [0.5, 0.6) is 0 Å². The van der Waals surface area contributed by atoms with Crippen molar-refractivity contribution >= 4 is 11.8 Å². The summed E-state index contributed by atoms with van der Waals surface area (Å²) in [6, 6.07) is 0. The summed E-state index contributed by atoms with van der Waals surface area (Å²) in [7, 11) is 0. The van der Waals surface area contributed by atoms with Crippen molar-refractivity contribution in [2.45, 2.75) is 30.2 Å². The quantitative estimate of drug-likeness (QED) is 0.175. The number of hydrogen-bond acceptors (Lipinski definition) is 11. The molecular formula is C18H37NO9S. The molecule has 1 aliphatic rings. The Labute approximate surface area is 176 Å². The zero-order chi connectivity index (χ0) is 21.2. The van der Waals surface area contributed by atoms with Gasteiger partial charge in [0, 0.05) is 18.7 Å². The number of aliphatic hydroxyl groups is 3. The minimum Gasteiger partial charge on any atom is -0.394 e. The van der Waals surface area contributed by atoms with Crippen LogP contribution in [0.2, 0.25) is 0 Å². The fourth-order valence-electron chi connectivity index (χ4n) is 2.48. The molecule has 10 nitrogen and oxygen atoms in total. The van der Waals surface area contributed by atoms with E-state index in [0.29, 0.717) is 84.8 Å². The summed E-state index contributed by atoms with van der Waals surface area (Å²) in [6.07, 6.45) is -2.33. The largest absolute Gasteiger partial charge is 0.394 e. The van der Waals surface area contributed by atoms with Crippen LogP contribution in [0.1, 0.15) is 6.42 Å². The second-order valence-electron chi connectivity index (χ2n) is 6.30. The maximum absolute atomic E-state index is 9.77. The molecule has 4 atom stereocenters. The Kier molecular flexibility index (Phi) is 17.4. The summed E-state index contributed by atoms with van der Waals surface area (Å²) >= 11 is 1.49. The lowest BCUT2D eigenvalue weighted by Gasteiger charge is -2.36. The molecule has 1 heterocycles. The van der Waals surface area contributed by atoms with Crippen LogP contribution in [0.25, 0.3) is 0 Å². The average Bonchev–Trinajstić information content (AvgIpc) is 2.72. The molecule has 1 aliphatic heterocycles. The van der Waals surface area contributed by atoms with Gasteiger partial charge in [-0.15, -0.1) is 11.8 Å². The van der Waals surface area contributed by atoms with Crippen molar-refractivity contribution in [2.75, 3.05) is 85.0 Å². The van der Waals surface area contributed by atoms with Crippen molar-refractivity contribution in [3.8, 4) is 0 Å². The van der Waals surface area contributed by atoms with Crippen molar-refractivity contribution < 1.29 is 43.7 Å². The molecule has 0 unspecified atom stereocenters. The van der Waals surface area contributed by atoms with Crippen LogP contribution in [-0.4, -0.2) is 124 Å². The molecule has 5 N–H and O–H groups in total. The van der Waals surface area contributed by atoms with Gasteiger partial charge in [0.1, 0.15) is 17.6 Å². The fourth-order valence-corrected chi connectivity index (χ4v) is 3.51. The van der Waals surface area contributed by atoms with Gasteiger partial charge in [0.2, 0.25) is 0 Å². The molecule has 29 heavy (non-hydrogen) atoms. The number of rotatable bonds is 19. The Hall–Kier alpha value is -0.0500. The molecule has 0 bridgehead atoms. The molecule has 1 rings (SSSR count). The van der Waals surface area contributed by atoms with Crippen molar-refractivity contribution in [3.63, 3.8) is 0 Å². The molecule has 0 saturated carbocycles. The Morgan fingerprint density at radius 2 is 1.28 bits per heavy atom. The molecule has 0 amide bonds. The third-order valence-electron chi connectivity index (χ3n) is 4.00. The van der Waals surface area contributed by atoms with Gasteiger partial charge in [0.25, 0.3) is 0 Å². The first kappa shape index (κ1) is 27.0.